The Bertz CT molecular complexity index is 615. The molecule has 3 nitrogen and oxygen atoms in total. The van der Waals surface area contributed by atoms with Gasteiger partial charge in [0.2, 0.25) is 0 Å². The number of H-pyrrole nitrogens is 1. The zero-order valence-corrected chi connectivity index (χ0v) is 12.2. The van der Waals surface area contributed by atoms with Crippen LogP contribution in [-0.2, 0) is 6.42 Å². The van der Waals surface area contributed by atoms with E-state index >= 15 is 0 Å². The third-order valence-electron chi connectivity index (χ3n) is 3.49. The summed E-state index contributed by atoms with van der Waals surface area (Å²) in [7, 11) is 0. The number of hydrogen-bond acceptors (Lipinski definition) is 2. The van der Waals surface area contributed by atoms with Crippen molar-refractivity contribution in [2.75, 3.05) is 0 Å². The summed E-state index contributed by atoms with van der Waals surface area (Å²) in [4.78, 5) is 11.6. The third-order valence-corrected chi connectivity index (χ3v) is 3.49. The second kappa shape index (κ2) is 5.00. The highest BCUT2D eigenvalue weighted by atomic mass is 16.1. The van der Waals surface area contributed by atoms with Crippen molar-refractivity contribution in [2.45, 2.75) is 41.0 Å². The predicted octanol–water partition coefficient (Wildman–Crippen LogP) is 3.77. The molecule has 0 aliphatic carbocycles. The van der Waals surface area contributed by atoms with Crippen LogP contribution in [0.2, 0.25) is 0 Å². The summed E-state index contributed by atoms with van der Waals surface area (Å²) < 4.78 is 0. The highest BCUT2D eigenvalue weighted by molar-refractivity contribution is 5.95. The molecule has 2 aromatic rings. The van der Waals surface area contributed by atoms with Crippen LogP contribution >= 0.6 is 0 Å². The van der Waals surface area contributed by atoms with E-state index in [1.807, 2.05) is 0 Å². The lowest BCUT2D eigenvalue weighted by Crippen LogP contribution is -1.98. The normalized spacial score (nSPS) is 10.8. The van der Waals surface area contributed by atoms with Gasteiger partial charge in [0.1, 0.15) is 5.69 Å². The van der Waals surface area contributed by atoms with Crippen LogP contribution in [0.5, 0.6) is 0 Å². The van der Waals surface area contributed by atoms with E-state index < -0.39 is 0 Å². The molecule has 0 fully saturated rings. The molecule has 0 unspecified atom stereocenters. The topological polar surface area (TPSA) is 45.8 Å². The molecule has 100 valence electrons. The molecular formula is C16H20N2O. The number of nitrogens with zero attached hydrogens (tertiary/aromatic N) is 1. The fraction of sp³-hybridized carbons (Fsp3) is 0.375. The number of aromatic amines is 1. The predicted molar refractivity (Wildman–Crippen MR) is 77.6 cm³/mol. The molecule has 2 rings (SSSR count). The highest BCUT2D eigenvalue weighted by Crippen LogP contribution is 2.31. The van der Waals surface area contributed by atoms with Gasteiger partial charge in [-0.05, 0) is 38.3 Å². The zero-order chi connectivity index (χ0) is 14.2. The average Bonchev–Trinajstić information content (AvgIpc) is 2.71. The van der Waals surface area contributed by atoms with Crippen LogP contribution in [-0.4, -0.2) is 16.0 Å². The molecule has 19 heavy (non-hydrogen) atoms. The van der Waals surface area contributed by atoms with E-state index in [0.29, 0.717) is 5.69 Å². The maximum atomic E-state index is 11.6. The smallest absolute Gasteiger partial charge is 0.177 e. The molecule has 0 aliphatic rings. The van der Waals surface area contributed by atoms with Crippen molar-refractivity contribution >= 4 is 5.78 Å². The molecule has 0 atom stereocenters. The van der Waals surface area contributed by atoms with Crippen LogP contribution < -0.4 is 0 Å². The Morgan fingerprint density at radius 3 is 2.26 bits per heavy atom. The van der Waals surface area contributed by atoms with Crippen LogP contribution in [0.1, 0.15) is 46.6 Å². The standard InChI is InChI=1S/C16H20N2O/c1-6-13-15(12(5)19)17-18-16(13)14-10(3)7-9(2)8-11(14)4/h7-8H,6H2,1-5H3,(H,17,18). The second-order valence-electron chi connectivity index (χ2n) is 5.11. The number of benzene rings is 1. The number of aryl methyl sites for hydroxylation is 3. The maximum Gasteiger partial charge on any atom is 0.177 e. The minimum absolute atomic E-state index is 0.0398. The van der Waals surface area contributed by atoms with Crippen molar-refractivity contribution in [2.24, 2.45) is 0 Å². The summed E-state index contributed by atoms with van der Waals surface area (Å²) in [6, 6.07) is 4.31. The van der Waals surface area contributed by atoms with Crippen molar-refractivity contribution in [1.29, 1.82) is 0 Å². The van der Waals surface area contributed by atoms with Gasteiger partial charge in [-0.15, -0.1) is 0 Å². The van der Waals surface area contributed by atoms with Crippen LogP contribution in [0.15, 0.2) is 12.1 Å². The zero-order valence-electron chi connectivity index (χ0n) is 12.2. The second-order valence-corrected chi connectivity index (χ2v) is 5.11. The van der Waals surface area contributed by atoms with E-state index in [1.54, 1.807) is 6.92 Å². The third kappa shape index (κ3) is 2.33. The summed E-state index contributed by atoms with van der Waals surface area (Å²) in [5.74, 6) is 0.0398. The van der Waals surface area contributed by atoms with Crippen molar-refractivity contribution in [3.05, 3.63) is 40.1 Å². The van der Waals surface area contributed by atoms with E-state index in [-0.39, 0.29) is 5.78 Å². The quantitative estimate of drug-likeness (QED) is 0.850. The van der Waals surface area contributed by atoms with Crippen LogP contribution in [0, 0.1) is 20.8 Å². The van der Waals surface area contributed by atoms with Gasteiger partial charge in [0.15, 0.2) is 5.78 Å². The SMILES string of the molecule is CCc1c(-c2c(C)cc(C)cc2C)n[nH]c1C(C)=O. The average molecular weight is 256 g/mol. The van der Waals surface area contributed by atoms with Gasteiger partial charge < -0.3 is 0 Å². The molecule has 0 bridgehead atoms. The number of Topliss-reactive ketones (excluding diaryl/α,β-unsaturated/α-hetero) is 1. The van der Waals surface area contributed by atoms with Gasteiger partial charge in [0.25, 0.3) is 0 Å². The van der Waals surface area contributed by atoms with Gasteiger partial charge in [0.05, 0.1) is 5.69 Å². The first-order valence-corrected chi connectivity index (χ1v) is 6.62. The molecule has 1 N–H and O–H groups in total. The summed E-state index contributed by atoms with van der Waals surface area (Å²) in [5, 5.41) is 7.28. The number of rotatable bonds is 3. The fourth-order valence-electron chi connectivity index (χ4n) is 2.76. The fourth-order valence-corrected chi connectivity index (χ4v) is 2.76. The molecule has 0 radical (unpaired) electrons. The Kier molecular flexibility index (Phi) is 3.56. The van der Waals surface area contributed by atoms with Gasteiger partial charge in [-0.2, -0.15) is 5.10 Å². The first-order chi connectivity index (χ1) is 8.95. The van der Waals surface area contributed by atoms with Crippen molar-refractivity contribution in [1.82, 2.24) is 10.2 Å². The lowest BCUT2D eigenvalue weighted by atomic mass is 9.93. The molecule has 0 saturated carbocycles. The Balaban J connectivity index is 2.69. The van der Waals surface area contributed by atoms with E-state index in [2.05, 4.69) is 50.0 Å². The molecule has 0 saturated heterocycles. The van der Waals surface area contributed by atoms with Gasteiger partial charge in [0, 0.05) is 18.1 Å². The minimum Gasteiger partial charge on any atom is -0.293 e. The highest BCUT2D eigenvalue weighted by Gasteiger charge is 2.18. The number of carbonyl (C=O) groups excluding carboxylic acids is 1. The Hall–Kier alpha value is -1.90. The van der Waals surface area contributed by atoms with E-state index in [9.17, 15) is 4.79 Å². The van der Waals surface area contributed by atoms with Crippen molar-refractivity contribution in [3.8, 4) is 11.3 Å². The van der Waals surface area contributed by atoms with Crippen LogP contribution in [0.3, 0.4) is 0 Å². The van der Waals surface area contributed by atoms with Gasteiger partial charge in [-0.1, -0.05) is 24.6 Å². The summed E-state index contributed by atoms with van der Waals surface area (Å²) in [6.07, 6.45) is 0.799. The summed E-state index contributed by atoms with van der Waals surface area (Å²) in [6.45, 7) is 9.91. The Labute approximate surface area is 114 Å². The molecule has 0 aliphatic heterocycles. The molecule has 1 heterocycles. The molecule has 1 aromatic heterocycles. The first kappa shape index (κ1) is 13.5. The van der Waals surface area contributed by atoms with Gasteiger partial charge >= 0.3 is 0 Å². The first-order valence-electron chi connectivity index (χ1n) is 6.62. The van der Waals surface area contributed by atoms with E-state index in [1.165, 1.54) is 16.7 Å². The van der Waals surface area contributed by atoms with Gasteiger partial charge in [-0.25, -0.2) is 0 Å². The monoisotopic (exact) mass is 256 g/mol. The molecule has 1 aromatic carbocycles. The van der Waals surface area contributed by atoms with E-state index in [4.69, 9.17) is 0 Å². The Morgan fingerprint density at radius 2 is 1.79 bits per heavy atom. The molecule has 3 heteroatoms. The van der Waals surface area contributed by atoms with Crippen LogP contribution in [0.25, 0.3) is 11.3 Å². The van der Waals surface area contributed by atoms with Crippen molar-refractivity contribution in [3.63, 3.8) is 0 Å². The molecular weight excluding hydrogens is 236 g/mol. The lowest BCUT2D eigenvalue weighted by molar-refractivity contribution is 0.101. The van der Waals surface area contributed by atoms with E-state index in [0.717, 1.165) is 23.2 Å². The lowest BCUT2D eigenvalue weighted by Gasteiger charge is -2.10. The number of carbonyl (C=O) groups is 1. The summed E-state index contributed by atoms with van der Waals surface area (Å²) >= 11 is 0. The Morgan fingerprint density at radius 1 is 1.21 bits per heavy atom. The number of hydrogen-bond donors (Lipinski definition) is 1. The maximum absolute atomic E-state index is 11.6. The molecule has 0 spiro atoms. The minimum atomic E-state index is 0.0398. The number of nitrogens with one attached hydrogen (secondary N) is 1. The van der Waals surface area contributed by atoms with Crippen LogP contribution in [0.4, 0.5) is 0 Å². The number of aromatic nitrogens is 2. The largest absolute Gasteiger partial charge is 0.293 e. The summed E-state index contributed by atoms with van der Waals surface area (Å²) in [5.41, 5.74) is 7.37. The van der Waals surface area contributed by atoms with Gasteiger partial charge in [-0.3, -0.25) is 9.89 Å². The number of ketones is 1. The molecule has 0 amide bonds. The van der Waals surface area contributed by atoms with Crippen molar-refractivity contribution < 1.29 is 4.79 Å².